The Balaban J connectivity index is 1.51. The van der Waals surface area contributed by atoms with Crippen LogP contribution in [0.3, 0.4) is 0 Å². The molecule has 2 aromatic carbocycles. The number of nitrogens with zero attached hydrogens (tertiary/aromatic N) is 2. The highest BCUT2D eigenvalue weighted by Crippen LogP contribution is 2.23. The molecule has 28 heavy (non-hydrogen) atoms. The molecular weight excluding hydrogens is 370 g/mol. The number of amides is 1. The summed E-state index contributed by atoms with van der Waals surface area (Å²) in [5.41, 5.74) is 2.30. The zero-order valence-corrected chi connectivity index (χ0v) is 16.1. The molecule has 1 atom stereocenters. The van der Waals surface area contributed by atoms with Crippen LogP contribution in [0.25, 0.3) is 0 Å². The molecule has 0 saturated carbocycles. The highest BCUT2D eigenvalue weighted by atomic mass is 32.2. The van der Waals surface area contributed by atoms with Gasteiger partial charge in [-0.25, -0.2) is 4.98 Å². The van der Waals surface area contributed by atoms with Crippen LogP contribution in [-0.4, -0.2) is 16.1 Å². The summed E-state index contributed by atoms with van der Waals surface area (Å²) < 4.78 is 5.75. The molecule has 0 spiro atoms. The van der Waals surface area contributed by atoms with Crippen LogP contribution in [0.4, 0.5) is 5.69 Å². The van der Waals surface area contributed by atoms with E-state index in [0.29, 0.717) is 22.9 Å². The van der Waals surface area contributed by atoms with E-state index in [1.165, 1.54) is 18.0 Å². The van der Waals surface area contributed by atoms with Crippen molar-refractivity contribution in [3.63, 3.8) is 0 Å². The minimum absolute atomic E-state index is 0.117. The third kappa shape index (κ3) is 5.60. The SMILES string of the molecule is C[C@@H](Sc1ccc(C#N)cn1)C(=O)Nc1ccc(OCc2ccccc2)cc1. The van der Waals surface area contributed by atoms with Gasteiger partial charge in [0.05, 0.1) is 15.8 Å². The smallest absolute Gasteiger partial charge is 0.237 e. The molecule has 1 aromatic heterocycles. The Kier molecular flexibility index (Phi) is 6.66. The van der Waals surface area contributed by atoms with Gasteiger partial charge in [-0.05, 0) is 48.9 Å². The number of benzene rings is 2. The Morgan fingerprint density at radius 1 is 1.14 bits per heavy atom. The summed E-state index contributed by atoms with van der Waals surface area (Å²) in [6.45, 7) is 2.31. The van der Waals surface area contributed by atoms with Crippen molar-refractivity contribution in [1.82, 2.24) is 4.98 Å². The molecule has 3 rings (SSSR count). The van der Waals surface area contributed by atoms with E-state index >= 15 is 0 Å². The van der Waals surface area contributed by atoms with Crippen molar-refractivity contribution in [2.45, 2.75) is 23.8 Å². The minimum atomic E-state index is -0.325. The minimum Gasteiger partial charge on any atom is -0.489 e. The third-order valence-electron chi connectivity index (χ3n) is 3.90. The molecule has 1 heterocycles. The van der Waals surface area contributed by atoms with E-state index in [1.807, 2.05) is 67.6 Å². The van der Waals surface area contributed by atoms with Crippen molar-refractivity contribution in [2.24, 2.45) is 0 Å². The van der Waals surface area contributed by atoms with Crippen LogP contribution in [0.5, 0.6) is 5.75 Å². The summed E-state index contributed by atoms with van der Waals surface area (Å²) in [6, 6.07) is 22.7. The average Bonchev–Trinajstić information content (AvgIpc) is 2.74. The molecule has 6 heteroatoms. The van der Waals surface area contributed by atoms with Gasteiger partial charge in [-0.15, -0.1) is 0 Å². The second kappa shape index (κ2) is 9.58. The summed E-state index contributed by atoms with van der Waals surface area (Å²) in [6.07, 6.45) is 1.50. The molecule has 0 aliphatic carbocycles. The maximum atomic E-state index is 12.4. The number of hydrogen-bond acceptors (Lipinski definition) is 5. The Morgan fingerprint density at radius 2 is 1.89 bits per heavy atom. The zero-order chi connectivity index (χ0) is 19.8. The average molecular weight is 389 g/mol. The fourth-order valence-electron chi connectivity index (χ4n) is 2.37. The largest absolute Gasteiger partial charge is 0.489 e. The lowest BCUT2D eigenvalue weighted by Crippen LogP contribution is -2.22. The summed E-state index contributed by atoms with van der Waals surface area (Å²) in [7, 11) is 0. The fourth-order valence-corrected chi connectivity index (χ4v) is 3.16. The molecular formula is C22H19N3O2S. The van der Waals surface area contributed by atoms with Gasteiger partial charge >= 0.3 is 0 Å². The van der Waals surface area contributed by atoms with Crippen LogP contribution in [-0.2, 0) is 11.4 Å². The lowest BCUT2D eigenvalue weighted by Gasteiger charge is -2.12. The van der Waals surface area contributed by atoms with E-state index in [2.05, 4.69) is 10.3 Å². The molecule has 1 N–H and O–H groups in total. The second-order valence-electron chi connectivity index (χ2n) is 6.04. The number of ether oxygens (including phenoxy) is 1. The van der Waals surface area contributed by atoms with E-state index in [0.717, 1.165) is 11.3 Å². The van der Waals surface area contributed by atoms with Crippen LogP contribution in [0.2, 0.25) is 0 Å². The van der Waals surface area contributed by atoms with Gasteiger partial charge in [-0.1, -0.05) is 42.1 Å². The lowest BCUT2D eigenvalue weighted by molar-refractivity contribution is -0.115. The van der Waals surface area contributed by atoms with Crippen molar-refractivity contribution in [3.05, 3.63) is 84.1 Å². The number of anilines is 1. The third-order valence-corrected chi connectivity index (χ3v) is 4.95. The highest BCUT2D eigenvalue weighted by molar-refractivity contribution is 8.00. The molecule has 1 amide bonds. The van der Waals surface area contributed by atoms with Gasteiger partial charge in [-0.3, -0.25) is 4.79 Å². The molecule has 0 fully saturated rings. The number of carbonyl (C=O) groups excluding carboxylic acids is 1. The Labute approximate surface area is 168 Å². The maximum Gasteiger partial charge on any atom is 0.237 e. The molecule has 0 saturated heterocycles. The van der Waals surface area contributed by atoms with Crippen LogP contribution < -0.4 is 10.1 Å². The quantitative estimate of drug-likeness (QED) is 0.595. The standard InChI is InChI=1S/C22H19N3O2S/c1-16(28-21-12-7-18(13-23)14-24-21)22(26)25-19-8-10-20(11-9-19)27-15-17-5-3-2-4-6-17/h2-12,14,16H,15H2,1H3,(H,25,26)/t16-/m1/s1. The maximum absolute atomic E-state index is 12.4. The first-order chi connectivity index (χ1) is 13.6. The molecule has 3 aromatic rings. The van der Waals surface area contributed by atoms with E-state index in [1.54, 1.807) is 12.1 Å². The molecule has 0 aliphatic heterocycles. The zero-order valence-electron chi connectivity index (χ0n) is 15.3. The number of nitriles is 1. The fraction of sp³-hybridized carbons (Fsp3) is 0.136. The van der Waals surface area contributed by atoms with Crippen molar-refractivity contribution < 1.29 is 9.53 Å². The molecule has 0 aliphatic rings. The second-order valence-corrected chi connectivity index (χ2v) is 7.41. The topological polar surface area (TPSA) is 75.0 Å². The van der Waals surface area contributed by atoms with Crippen molar-refractivity contribution in [3.8, 4) is 11.8 Å². The van der Waals surface area contributed by atoms with Crippen molar-refractivity contribution >= 4 is 23.4 Å². The number of hydrogen-bond donors (Lipinski definition) is 1. The Bertz CT molecular complexity index is 952. The predicted molar refractivity (Wildman–Crippen MR) is 110 cm³/mol. The number of thioether (sulfide) groups is 1. The van der Waals surface area contributed by atoms with Gasteiger partial charge in [0, 0.05) is 11.9 Å². The van der Waals surface area contributed by atoms with Gasteiger partial charge in [0.1, 0.15) is 18.4 Å². The first-order valence-electron chi connectivity index (χ1n) is 8.74. The number of nitrogens with one attached hydrogen (secondary N) is 1. The summed E-state index contributed by atoms with van der Waals surface area (Å²) in [5.74, 6) is 0.625. The molecule has 140 valence electrons. The highest BCUT2D eigenvalue weighted by Gasteiger charge is 2.15. The molecule has 0 radical (unpaired) electrons. The normalized spacial score (nSPS) is 11.3. The van der Waals surface area contributed by atoms with E-state index in [-0.39, 0.29) is 11.2 Å². The van der Waals surface area contributed by atoms with E-state index < -0.39 is 0 Å². The van der Waals surface area contributed by atoms with Gasteiger partial charge in [0.15, 0.2) is 0 Å². The molecule has 5 nitrogen and oxygen atoms in total. The summed E-state index contributed by atoms with van der Waals surface area (Å²) in [5, 5.41) is 12.1. The summed E-state index contributed by atoms with van der Waals surface area (Å²) >= 11 is 1.34. The summed E-state index contributed by atoms with van der Waals surface area (Å²) in [4.78, 5) is 16.6. The molecule has 0 unspecified atom stereocenters. The predicted octanol–water partition coefficient (Wildman–Crippen LogP) is 4.65. The Morgan fingerprint density at radius 3 is 2.54 bits per heavy atom. The van der Waals surface area contributed by atoms with E-state index in [4.69, 9.17) is 10.00 Å². The van der Waals surface area contributed by atoms with Gasteiger partial charge in [0.25, 0.3) is 0 Å². The van der Waals surface area contributed by atoms with Crippen molar-refractivity contribution in [1.29, 1.82) is 5.26 Å². The Hall–Kier alpha value is -3.30. The van der Waals surface area contributed by atoms with Crippen LogP contribution in [0.15, 0.2) is 78.0 Å². The monoisotopic (exact) mass is 389 g/mol. The first-order valence-corrected chi connectivity index (χ1v) is 9.62. The van der Waals surface area contributed by atoms with Gasteiger partial charge in [-0.2, -0.15) is 5.26 Å². The molecule has 0 bridgehead atoms. The number of carbonyl (C=O) groups is 1. The first kappa shape index (κ1) is 19.5. The van der Waals surface area contributed by atoms with Crippen LogP contribution in [0, 0.1) is 11.3 Å². The van der Waals surface area contributed by atoms with Crippen molar-refractivity contribution in [2.75, 3.05) is 5.32 Å². The number of rotatable bonds is 7. The van der Waals surface area contributed by atoms with E-state index in [9.17, 15) is 4.79 Å². The number of pyridine rings is 1. The lowest BCUT2D eigenvalue weighted by atomic mass is 10.2. The van der Waals surface area contributed by atoms with Gasteiger partial charge in [0.2, 0.25) is 5.91 Å². The van der Waals surface area contributed by atoms with Crippen LogP contribution >= 0.6 is 11.8 Å². The van der Waals surface area contributed by atoms with Gasteiger partial charge < -0.3 is 10.1 Å². The number of aromatic nitrogens is 1. The van der Waals surface area contributed by atoms with Crippen LogP contribution in [0.1, 0.15) is 18.1 Å².